The van der Waals surface area contributed by atoms with E-state index in [0.29, 0.717) is 10.1 Å². The van der Waals surface area contributed by atoms with E-state index in [2.05, 4.69) is 5.32 Å². The maximum atomic E-state index is 10.6. The number of anilines is 1. The summed E-state index contributed by atoms with van der Waals surface area (Å²) in [7, 11) is 0. The highest BCUT2D eigenvalue weighted by Gasteiger charge is 2.12. The lowest BCUT2D eigenvalue weighted by atomic mass is 10.1. The zero-order valence-electron chi connectivity index (χ0n) is 9.68. The Bertz CT molecular complexity index is 410. The number of benzene rings is 1. The van der Waals surface area contributed by atoms with Crippen molar-refractivity contribution in [1.82, 2.24) is 0 Å². The summed E-state index contributed by atoms with van der Waals surface area (Å²) in [5.41, 5.74) is 0.875. The van der Waals surface area contributed by atoms with Gasteiger partial charge in [-0.25, -0.2) is 0 Å². The first-order valence-corrected chi connectivity index (χ1v) is 6.35. The molecule has 1 aromatic rings. The highest BCUT2D eigenvalue weighted by atomic mass is 127. The van der Waals surface area contributed by atoms with Crippen LogP contribution in [-0.4, -0.2) is 22.7 Å². The van der Waals surface area contributed by atoms with Crippen LogP contribution in [0.5, 0.6) is 0 Å². The van der Waals surface area contributed by atoms with Crippen molar-refractivity contribution in [3.63, 3.8) is 0 Å². The highest BCUT2D eigenvalue weighted by molar-refractivity contribution is 14.1. The summed E-state index contributed by atoms with van der Waals surface area (Å²) in [6.45, 7) is 4.31. The molecule has 0 fully saturated rings. The third-order valence-corrected chi connectivity index (χ3v) is 3.29. The molecule has 1 unspecified atom stereocenters. The molecule has 1 rings (SSSR count). The smallest absolute Gasteiger partial charge is 0.282 e. The number of nitrogens with one attached hydrogen (secondary N) is 1. The average Bonchev–Trinajstić information content (AvgIpc) is 2.25. The second kappa shape index (κ2) is 6.15. The van der Waals surface area contributed by atoms with E-state index in [-0.39, 0.29) is 11.6 Å². The van der Waals surface area contributed by atoms with E-state index < -0.39 is 11.0 Å². The van der Waals surface area contributed by atoms with Crippen LogP contribution in [0.15, 0.2) is 18.2 Å². The van der Waals surface area contributed by atoms with Crippen molar-refractivity contribution in [3.05, 3.63) is 31.9 Å². The molecule has 17 heavy (non-hydrogen) atoms. The number of rotatable bonds is 5. The lowest BCUT2D eigenvalue weighted by Gasteiger charge is -2.15. The predicted molar refractivity (Wildman–Crippen MR) is 75.1 cm³/mol. The first kappa shape index (κ1) is 14.2. The summed E-state index contributed by atoms with van der Waals surface area (Å²) < 4.78 is 0.580. The normalized spacial score (nSPS) is 12.5. The van der Waals surface area contributed by atoms with Crippen molar-refractivity contribution in [1.29, 1.82) is 0 Å². The van der Waals surface area contributed by atoms with Gasteiger partial charge >= 0.3 is 0 Å². The Hall–Kier alpha value is -0.890. The summed E-state index contributed by atoms with van der Waals surface area (Å²) in [4.78, 5) is 10.2. The Morgan fingerprint density at radius 2 is 2.18 bits per heavy atom. The molecular weight excluding hydrogens is 335 g/mol. The lowest BCUT2D eigenvalue weighted by Crippen LogP contribution is -2.24. The van der Waals surface area contributed by atoms with Crippen molar-refractivity contribution < 1.29 is 10.0 Å². The fourth-order valence-electron chi connectivity index (χ4n) is 1.22. The first-order chi connectivity index (χ1) is 7.91. The molecule has 0 saturated heterocycles. The van der Waals surface area contributed by atoms with Gasteiger partial charge in [0.2, 0.25) is 0 Å². The van der Waals surface area contributed by atoms with Crippen molar-refractivity contribution in [2.75, 3.05) is 11.9 Å². The molecule has 1 atom stereocenters. The van der Waals surface area contributed by atoms with Crippen LogP contribution in [0.25, 0.3) is 0 Å². The number of aliphatic hydroxyl groups excluding tert-OH is 1. The van der Waals surface area contributed by atoms with Gasteiger partial charge in [-0.1, -0.05) is 13.8 Å². The Kier molecular flexibility index (Phi) is 5.13. The molecule has 0 bridgehead atoms. The summed E-state index contributed by atoms with van der Waals surface area (Å²) in [5, 5.41) is 23.3. The standard InChI is InChI=1S/C11H15IN2O3/c1-7(2)11(15)6-13-8-3-4-10(14(16)17)9(12)5-8/h3-5,7,11,13,15H,6H2,1-2H3. The third kappa shape index (κ3) is 4.12. The van der Waals surface area contributed by atoms with Crippen LogP contribution >= 0.6 is 22.6 Å². The number of nitrogens with zero attached hydrogens (tertiary/aromatic N) is 1. The quantitative estimate of drug-likeness (QED) is 0.486. The van der Waals surface area contributed by atoms with Gasteiger partial charge in [0, 0.05) is 18.3 Å². The van der Waals surface area contributed by atoms with Crippen LogP contribution in [0.1, 0.15) is 13.8 Å². The van der Waals surface area contributed by atoms with Gasteiger partial charge in [-0.3, -0.25) is 10.1 Å². The summed E-state index contributed by atoms with van der Waals surface area (Å²) >= 11 is 1.93. The molecule has 2 N–H and O–H groups in total. The summed E-state index contributed by atoms with van der Waals surface area (Å²) in [6, 6.07) is 4.81. The van der Waals surface area contributed by atoms with Gasteiger partial charge in [-0.15, -0.1) is 0 Å². The van der Waals surface area contributed by atoms with E-state index in [1.165, 1.54) is 6.07 Å². The molecule has 0 aliphatic heterocycles. The zero-order valence-corrected chi connectivity index (χ0v) is 11.8. The summed E-state index contributed by atoms with van der Waals surface area (Å²) in [5.74, 6) is 0.180. The van der Waals surface area contributed by atoms with Gasteiger partial charge in [0.25, 0.3) is 5.69 Å². The van der Waals surface area contributed by atoms with Crippen molar-refractivity contribution in [2.45, 2.75) is 20.0 Å². The molecule has 6 heteroatoms. The summed E-state index contributed by atoms with van der Waals surface area (Å²) in [6.07, 6.45) is -0.428. The molecule has 0 radical (unpaired) electrons. The fraction of sp³-hybridized carbons (Fsp3) is 0.455. The molecule has 0 saturated carbocycles. The molecule has 0 aliphatic rings. The Labute approximate surface area is 114 Å². The second-order valence-corrected chi connectivity index (χ2v) is 5.28. The lowest BCUT2D eigenvalue weighted by molar-refractivity contribution is -0.385. The SMILES string of the molecule is CC(C)C(O)CNc1ccc([N+](=O)[O-])c(I)c1. The zero-order chi connectivity index (χ0) is 13.0. The Morgan fingerprint density at radius 3 is 2.65 bits per heavy atom. The van der Waals surface area contributed by atoms with Gasteiger partial charge in [0.15, 0.2) is 0 Å². The molecule has 0 amide bonds. The number of hydrogen-bond acceptors (Lipinski definition) is 4. The van der Waals surface area contributed by atoms with Crippen LogP contribution < -0.4 is 5.32 Å². The minimum Gasteiger partial charge on any atom is -0.391 e. The van der Waals surface area contributed by atoms with E-state index >= 15 is 0 Å². The van der Waals surface area contributed by atoms with E-state index in [4.69, 9.17) is 0 Å². The van der Waals surface area contributed by atoms with E-state index in [1.54, 1.807) is 12.1 Å². The third-order valence-electron chi connectivity index (χ3n) is 2.43. The van der Waals surface area contributed by atoms with Crippen LogP contribution in [0.3, 0.4) is 0 Å². The minimum absolute atomic E-state index is 0.0977. The second-order valence-electron chi connectivity index (χ2n) is 4.12. The topological polar surface area (TPSA) is 75.4 Å². The number of nitro groups is 1. The monoisotopic (exact) mass is 350 g/mol. The van der Waals surface area contributed by atoms with Crippen LogP contribution in [-0.2, 0) is 0 Å². The van der Waals surface area contributed by atoms with E-state index in [0.717, 1.165) is 5.69 Å². The highest BCUT2D eigenvalue weighted by Crippen LogP contribution is 2.24. The average molecular weight is 350 g/mol. The van der Waals surface area contributed by atoms with Gasteiger partial charge < -0.3 is 10.4 Å². The fourth-order valence-corrected chi connectivity index (χ4v) is 1.94. The molecule has 0 spiro atoms. The Morgan fingerprint density at radius 1 is 1.53 bits per heavy atom. The van der Waals surface area contributed by atoms with Gasteiger partial charge in [-0.2, -0.15) is 0 Å². The van der Waals surface area contributed by atoms with E-state index in [9.17, 15) is 15.2 Å². The van der Waals surface area contributed by atoms with Gasteiger partial charge in [0.05, 0.1) is 14.6 Å². The molecule has 94 valence electrons. The number of hydrogen-bond donors (Lipinski definition) is 2. The first-order valence-electron chi connectivity index (χ1n) is 5.27. The number of halogens is 1. The molecule has 0 aromatic heterocycles. The van der Waals surface area contributed by atoms with Crippen molar-refractivity contribution >= 4 is 34.0 Å². The minimum atomic E-state index is -0.428. The maximum absolute atomic E-state index is 10.6. The number of nitro benzene ring substituents is 1. The predicted octanol–water partition coefficient (Wildman–Crippen LogP) is 2.63. The number of aliphatic hydroxyl groups is 1. The van der Waals surface area contributed by atoms with Gasteiger partial charge in [0.1, 0.15) is 0 Å². The molecule has 0 aliphatic carbocycles. The maximum Gasteiger partial charge on any atom is 0.282 e. The van der Waals surface area contributed by atoms with Crippen LogP contribution in [0.2, 0.25) is 0 Å². The van der Waals surface area contributed by atoms with Crippen LogP contribution in [0, 0.1) is 19.6 Å². The molecule has 0 heterocycles. The van der Waals surface area contributed by atoms with Crippen LogP contribution in [0.4, 0.5) is 11.4 Å². The molecule has 5 nitrogen and oxygen atoms in total. The van der Waals surface area contributed by atoms with Crippen molar-refractivity contribution in [2.24, 2.45) is 5.92 Å². The Balaban J connectivity index is 2.68. The van der Waals surface area contributed by atoms with Gasteiger partial charge in [-0.05, 0) is 40.6 Å². The largest absolute Gasteiger partial charge is 0.391 e. The van der Waals surface area contributed by atoms with Crippen molar-refractivity contribution in [3.8, 4) is 0 Å². The van der Waals surface area contributed by atoms with E-state index in [1.807, 2.05) is 36.4 Å². The molecule has 1 aromatic carbocycles. The molecular formula is C11H15IN2O3.